The van der Waals surface area contributed by atoms with Crippen molar-refractivity contribution in [1.29, 1.82) is 5.41 Å². The minimum atomic E-state index is 0.00348. The van der Waals surface area contributed by atoms with Crippen LogP contribution in [0.4, 0.5) is 0 Å². The first-order valence-corrected chi connectivity index (χ1v) is 4.50. The van der Waals surface area contributed by atoms with Gasteiger partial charge in [-0.2, -0.15) is 0 Å². The van der Waals surface area contributed by atoms with Gasteiger partial charge in [-0.25, -0.2) is 0 Å². The van der Waals surface area contributed by atoms with Crippen LogP contribution in [0.2, 0.25) is 0 Å². The highest BCUT2D eigenvalue weighted by atomic mass is 14.8. The number of pyridine rings is 2. The van der Waals surface area contributed by atoms with E-state index in [2.05, 4.69) is 9.97 Å². The molecule has 0 aliphatic rings. The zero-order valence-electron chi connectivity index (χ0n) is 8.01. The lowest BCUT2D eigenvalue weighted by Gasteiger charge is -2.05. The molecular formula is C11H10N4. The summed E-state index contributed by atoms with van der Waals surface area (Å²) in [4.78, 5) is 8.36. The topological polar surface area (TPSA) is 75.7 Å². The van der Waals surface area contributed by atoms with Crippen molar-refractivity contribution in [3.05, 3.63) is 48.3 Å². The molecule has 0 atom stereocenters. The summed E-state index contributed by atoms with van der Waals surface area (Å²) >= 11 is 0. The van der Waals surface area contributed by atoms with E-state index in [1.165, 1.54) is 0 Å². The third kappa shape index (κ3) is 1.83. The highest BCUT2D eigenvalue weighted by Crippen LogP contribution is 2.17. The van der Waals surface area contributed by atoms with Crippen LogP contribution in [0.3, 0.4) is 0 Å². The van der Waals surface area contributed by atoms with Gasteiger partial charge >= 0.3 is 0 Å². The molecular weight excluding hydrogens is 188 g/mol. The van der Waals surface area contributed by atoms with E-state index < -0.39 is 0 Å². The molecule has 2 rings (SSSR count). The van der Waals surface area contributed by atoms with Crippen molar-refractivity contribution in [3.8, 4) is 11.4 Å². The van der Waals surface area contributed by atoms with Crippen LogP contribution in [0.15, 0.2) is 42.7 Å². The van der Waals surface area contributed by atoms with Crippen molar-refractivity contribution in [3.63, 3.8) is 0 Å². The molecule has 0 bridgehead atoms. The number of nitrogens with two attached hydrogens (primary N) is 1. The molecule has 0 saturated heterocycles. The highest BCUT2D eigenvalue weighted by molar-refractivity contribution is 6.00. The molecule has 4 nitrogen and oxygen atoms in total. The maximum absolute atomic E-state index is 7.44. The molecule has 2 aromatic rings. The molecule has 0 aliphatic heterocycles. The third-order valence-corrected chi connectivity index (χ3v) is 2.01. The van der Waals surface area contributed by atoms with Crippen LogP contribution in [-0.4, -0.2) is 15.8 Å². The largest absolute Gasteiger partial charge is 0.384 e. The summed E-state index contributed by atoms with van der Waals surface area (Å²) in [5.41, 5.74) is 7.44. The summed E-state index contributed by atoms with van der Waals surface area (Å²) in [6.07, 6.45) is 3.35. The molecule has 74 valence electrons. The monoisotopic (exact) mass is 198 g/mol. The van der Waals surface area contributed by atoms with Gasteiger partial charge in [-0.1, -0.05) is 6.07 Å². The van der Waals surface area contributed by atoms with Crippen LogP contribution >= 0.6 is 0 Å². The molecule has 0 aromatic carbocycles. The highest BCUT2D eigenvalue weighted by Gasteiger charge is 2.08. The summed E-state index contributed by atoms with van der Waals surface area (Å²) in [7, 11) is 0. The van der Waals surface area contributed by atoms with Gasteiger partial charge in [-0.3, -0.25) is 15.4 Å². The zero-order valence-corrected chi connectivity index (χ0v) is 8.01. The molecule has 4 heteroatoms. The molecule has 3 N–H and O–H groups in total. The van der Waals surface area contributed by atoms with E-state index in [1.807, 2.05) is 18.2 Å². The number of rotatable bonds is 2. The van der Waals surface area contributed by atoms with Crippen LogP contribution in [0.25, 0.3) is 11.4 Å². The van der Waals surface area contributed by atoms with E-state index in [9.17, 15) is 0 Å². The molecule has 15 heavy (non-hydrogen) atoms. The number of hydrogen-bond acceptors (Lipinski definition) is 3. The minimum absolute atomic E-state index is 0.00348. The Morgan fingerprint density at radius 1 is 1.07 bits per heavy atom. The molecule has 0 unspecified atom stereocenters. The lowest BCUT2D eigenvalue weighted by Crippen LogP contribution is -2.13. The second kappa shape index (κ2) is 3.88. The first kappa shape index (κ1) is 9.33. The quantitative estimate of drug-likeness (QED) is 0.566. The maximum atomic E-state index is 7.44. The normalized spacial score (nSPS) is 9.87. The van der Waals surface area contributed by atoms with E-state index in [0.29, 0.717) is 11.3 Å². The summed E-state index contributed by atoms with van der Waals surface area (Å²) in [5, 5.41) is 7.44. The predicted molar refractivity (Wildman–Crippen MR) is 58.5 cm³/mol. The van der Waals surface area contributed by atoms with Crippen molar-refractivity contribution < 1.29 is 0 Å². The summed E-state index contributed by atoms with van der Waals surface area (Å²) in [5.74, 6) is 0.00348. The fraction of sp³-hybridized carbons (Fsp3) is 0. The van der Waals surface area contributed by atoms with Gasteiger partial charge in [0, 0.05) is 18.0 Å². The standard InChI is InChI=1S/C11H10N4/c12-11(13)8-4-3-7-15-10(8)9-5-1-2-6-14-9/h1-7H,(H3,12,13). The van der Waals surface area contributed by atoms with Crippen molar-refractivity contribution in [2.24, 2.45) is 5.73 Å². The van der Waals surface area contributed by atoms with Gasteiger partial charge in [-0.05, 0) is 24.3 Å². The molecule has 0 radical (unpaired) electrons. The van der Waals surface area contributed by atoms with Crippen LogP contribution < -0.4 is 5.73 Å². The molecule has 0 spiro atoms. The molecule has 2 aromatic heterocycles. The smallest absolute Gasteiger partial charge is 0.125 e. The Hall–Kier alpha value is -2.23. The number of amidine groups is 1. The Morgan fingerprint density at radius 2 is 1.87 bits per heavy atom. The molecule has 0 saturated carbocycles. The first-order valence-electron chi connectivity index (χ1n) is 4.50. The average Bonchev–Trinajstić information content (AvgIpc) is 2.30. The summed E-state index contributed by atoms with van der Waals surface area (Å²) < 4.78 is 0. The molecule has 2 heterocycles. The number of aromatic nitrogens is 2. The van der Waals surface area contributed by atoms with Gasteiger partial charge in [0.2, 0.25) is 0 Å². The van der Waals surface area contributed by atoms with Crippen molar-refractivity contribution in [2.75, 3.05) is 0 Å². The fourth-order valence-corrected chi connectivity index (χ4v) is 1.33. The van der Waals surface area contributed by atoms with Crippen LogP contribution in [0.5, 0.6) is 0 Å². The SMILES string of the molecule is N=C(N)c1cccnc1-c1ccccn1. The average molecular weight is 198 g/mol. The van der Waals surface area contributed by atoms with Crippen molar-refractivity contribution in [2.45, 2.75) is 0 Å². The zero-order chi connectivity index (χ0) is 10.7. The fourth-order valence-electron chi connectivity index (χ4n) is 1.33. The summed E-state index contributed by atoms with van der Waals surface area (Å²) in [6.45, 7) is 0. The van der Waals surface area contributed by atoms with Gasteiger partial charge in [0.1, 0.15) is 5.84 Å². The Balaban J connectivity index is 2.58. The lowest BCUT2D eigenvalue weighted by atomic mass is 10.1. The van der Waals surface area contributed by atoms with E-state index in [4.69, 9.17) is 11.1 Å². The number of nitrogen functional groups attached to an aromatic ring is 1. The number of hydrogen-bond donors (Lipinski definition) is 2. The van der Waals surface area contributed by atoms with Crippen LogP contribution in [0, 0.1) is 5.41 Å². The van der Waals surface area contributed by atoms with Gasteiger partial charge in [-0.15, -0.1) is 0 Å². The van der Waals surface area contributed by atoms with E-state index >= 15 is 0 Å². The van der Waals surface area contributed by atoms with Crippen LogP contribution in [0.1, 0.15) is 5.56 Å². The van der Waals surface area contributed by atoms with Gasteiger partial charge in [0.25, 0.3) is 0 Å². The van der Waals surface area contributed by atoms with Crippen molar-refractivity contribution in [1.82, 2.24) is 9.97 Å². The first-order chi connectivity index (χ1) is 7.29. The Morgan fingerprint density at radius 3 is 2.53 bits per heavy atom. The Bertz CT molecular complexity index is 479. The van der Waals surface area contributed by atoms with Gasteiger partial charge in [0.05, 0.1) is 11.4 Å². The Kier molecular flexibility index (Phi) is 2.41. The lowest BCUT2D eigenvalue weighted by molar-refractivity contribution is 1.23. The summed E-state index contributed by atoms with van der Waals surface area (Å²) in [6, 6.07) is 9.07. The number of nitrogens with one attached hydrogen (secondary N) is 1. The van der Waals surface area contributed by atoms with E-state index in [0.717, 1.165) is 5.69 Å². The predicted octanol–water partition coefficient (Wildman–Crippen LogP) is 1.43. The second-order valence-electron chi connectivity index (χ2n) is 3.03. The minimum Gasteiger partial charge on any atom is -0.384 e. The van der Waals surface area contributed by atoms with Crippen LogP contribution in [-0.2, 0) is 0 Å². The Labute approximate surface area is 87.3 Å². The number of nitrogens with zero attached hydrogens (tertiary/aromatic N) is 2. The molecule has 0 fully saturated rings. The molecule has 0 aliphatic carbocycles. The van der Waals surface area contributed by atoms with Gasteiger partial charge < -0.3 is 5.73 Å². The third-order valence-electron chi connectivity index (χ3n) is 2.01. The van der Waals surface area contributed by atoms with Crippen molar-refractivity contribution >= 4 is 5.84 Å². The maximum Gasteiger partial charge on any atom is 0.125 e. The van der Waals surface area contributed by atoms with E-state index in [-0.39, 0.29) is 5.84 Å². The van der Waals surface area contributed by atoms with E-state index in [1.54, 1.807) is 24.5 Å². The second-order valence-corrected chi connectivity index (χ2v) is 3.03. The molecule has 0 amide bonds. The van der Waals surface area contributed by atoms with Gasteiger partial charge in [0.15, 0.2) is 0 Å².